The maximum Gasteiger partial charge on any atom is 0.139 e. The molecule has 0 saturated carbocycles. The third kappa shape index (κ3) is 1.60. The second kappa shape index (κ2) is 3.70. The SMILES string of the molecule is OC1CC2N=C(c3ccccn3)C=CN2N1. The van der Waals surface area contributed by atoms with Gasteiger partial charge in [-0.1, -0.05) is 6.07 Å². The van der Waals surface area contributed by atoms with Crippen LogP contribution in [0.5, 0.6) is 0 Å². The van der Waals surface area contributed by atoms with Gasteiger partial charge in [0.1, 0.15) is 12.4 Å². The lowest BCUT2D eigenvalue weighted by Gasteiger charge is -2.22. The van der Waals surface area contributed by atoms with Gasteiger partial charge in [-0.25, -0.2) is 5.43 Å². The number of nitrogens with one attached hydrogen (secondary N) is 1. The zero-order chi connectivity index (χ0) is 11.0. The van der Waals surface area contributed by atoms with E-state index in [9.17, 15) is 5.11 Å². The van der Waals surface area contributed by atoms with Crippen LogP contribution < -0.4 is 5.43 Å². The molecule has 82 valence electrons. The quantitative estimate of drug-likeness (QED) is 0.706. The highest BCUT2D eigenvalue weighted by molar-refractivity contribution is 6.07. The Balaban J connectivity index is 1.89. The van der Waals surface area contributed by atoms with Crippen molar-refractivity contribution in [1.82, 2.24) is 15.4 Å². The molecule has 0 bridgehead atoms. The van der Waals surface area contributed by atoms with E-state index >= 15 is 0 Å². The predicted molar refractivity (Wildman–Crippen MR) is 59.3 cm³/mol. The number of aliphatic hydroxyl groups is 1. The van der Waals surface area contributed by atoms with Gasteiger partial charge in [0, 0.05) is 18.8 Å². The molecule has 2 atom stereocenters. The summed E-state index contributed by atoms with van der Waals surface area (Å²) in [6, 6.07) is 5.74. The summed E-state index contributed by atoms with van der Waals surface area (Å²) < 4.78 is 0. The molecule has 2 aliphatic rings. The smallest absolute Gasteiger partial charge is 0.139 e. The second-order valence-electron chi connectivity index (χ2n) is 3.81. The number of hydrazine groups is 1. The molecule has 2 aliphatic heterocycles. The fraction of sp³-hybridized carbons (Fsp3) is 0.273. The van der Waals surface area contributed by atoms with Gasteiger partial charge < -0.3 is 5.11 Å². The Kier molecular flexibility index (Phi) is 2.19. The Morgan fingerprint density at radius 2 is 2.38 bits per heavy atom. The lowest BCUT2D eigenvalue weighted by molar-refractivity contribution is 0.122. The fourth-order valence-corrected chi connectivity index (χ4v) is 1.90. The molecule has 3 heterocycles. The largest absolute Gasteiger partial charge is 0.377 e. The van der Waals surface area contributed by atoms with E-state index in [0.717, 1.165) is 11.4 Å². The maximum atomic E-state index is 9.45. The highest BCUT2D eigenvalue weighted by Crippen LogP contribution is 2.19. The molecule has 3 rings (SSSR count). The highest BCUT2D eigenvalue weighted by atomic mass is 16.3. The summed E-state index contributed by atoms with van der Waals surface area (Å²) >= 11 is 0. The van der Waals surface area contributed by atoms with Crippen LogP contribution in [0.1, 0.15) is 12.1 Å². The third-order valence-electron chi connectivity index (χ3n) is 2.66. The summed E-state index contributed by atoms with van der Waals surface area (Å²) in [5.74, 6) is 0. The first kappa shape index (κ1) is 9.50. The predicted octanol–water partition coefficient (Wildman–Crippen LogP) is 0.253. The molecule has 0 aliphatic carbocycles. The topological polar surface area (TPSA) is 60.8 Å². The minimum absolute atomic E-state index is 0.0305. The van der Waals surface area contributed by atoms with Crippen LogP contribution in [0.25, 0.3) is 0 Å². The molecule has 0 aromatic carbocycles. The van der Waals surface area contributed by atoms with Crippen LogP contribution in [0.4, 0.5) is 0 Å². The van der Waals surface area contributed by atoms with Gasteiger partial charge in [0.05, 0.1) is 11.4 Å². The first-order chi connectivity index (χ1) is 7.83. The number of aliphatic hydroxyl groups excluding tert-OH is 1. The molecule has 5 nitrogen and oxygen atoms in total. The van der Waals surface area contributed by atoms with Gasteiger partial charge in [-0.3, -0.25) is 15.0 Å². The Labute approximate surface area is 93.1 Å². The number of fused-ring (bicyclic) bond motifs is 1. The molecule has 0 amide bonds. The fourth-order valence-electron chi connectivity index (χ4n) is 1.90. The number of nitrogens with zero attached hydrogens (tertiary/aromatic N) is 3. The van der Waals surface area contributed by atoms with Gasteiger partial charge in [-0.2, -0.15) is 0 Å². The Morgan fingerprint density at radius 1 is 1.44 bits per heavy atom. The molecule has 1 aromatic heterocycles. The van der Waals surface area contributed by atoms with Crippen molar-refractivity contribution in [2.75, 3.05) is 0 Å². The van der Waals surface area contributed by atoms with Crippen LogP contribution in [-0.2, 0) is 0 Å². The van der Waals surface area contributed by atoms with Crippen LogP contribution in [-0.4, -0.2) is 33.2 Å². The number of aromatic nitrogens is 1. The Hall–Kier alpha value is -1.72. The molecule has 2 N–H and O–H groups in total. The first-order valence-electron chi connectivity index (χ1n) is 5.23. The Bertz CT molecular complexity index is 443. The monoisotopic (exact) mass is 216 g/mol. The lowest BCUT2D eigenvalue weighted by atomic mass is 10.2. The molecule has 0 radical (unpaired) electrons. The normalized spacial score (nSPS) is 27.8. The van der Waals surface area contributed by atoms with Crippen molar-refractivity contribution in [1.29, 1.82) is 0 Å². The minimum atomic E-state index is -0.513. The van der Waals surface area contributed by atoms with E-state index in [-0.39, 0.29) is 6.17 Å². The van der Waals surface area contributed by atoms with Crippen molar-refractivity contribution >= 4 is 5.71 Å². The standard InChI is InChI=1S/C11H12N4O/c16-11-7-10-13-9(4-6-15(10)14-11)8-3-1-2-5-12-8/h1-6,10-11,14,16H,7H2. The summed E-state index contributed by atoms with van der Waals surface area (Å²) in [5.41, 5.74) is 4.62. The van der Waals surface area contributed by atoms with E-state index in [2.05, 4.69) is 15.4 Å². The molecule has 1 fully saturated rings. The zero-order valence-corrected chi connectivity index (χ0v) is 8.61. The van der Waals surface area contributed by atoms with Crippen molar-refractivity contribution in [2.45, 2.75) is 18.8 Å². The molecule has 1 saturated heterocycles. The van der Waals surface area contributed by atoms with Crippen LogP contribution >= 0.6 is 0 Å². The summed E-state index contributed by atoms with van der Waals surface area (Å²) in [7, 11) is 0. The van der Waals surface area contributed by atoms with Crippen molar-refractivity contribution in [3.63, 3.8) is 0 Å². The van der Waals surface area contributed by atoms with E-state index < -0.39 is 6.23 Å². The van der Waals surface area contributed by atoms with Gasteiger partial charge in [0.15, 0.2) is 0 Å². The Morgan fingerprint density at radius 3 is 3.19 bits per heavy atom. The third-order valence-corrected chi connectivity index (χ3v) is 2.66. The highest BCUT2D eigenvalue weighted by Gasteiger charge is 2.30. The van der Waals surface area contributed by atoms with Gasteiger partial charge in [0.2, 0.25) is 0 Å². The average Bonchev–Trinajstić information content (AvgIpc) is 2.69. The number of pyridine rings is 1. The van der Waals surface area contributed by atoms with E-state index in [0.29, 0.717) is 6.42 Å². The number of aliphatic imine (C=N–C) groups is 1. The molecule has 2 unspecified atom stereocenters. The maximum absolute atomic E-state index is 9.45. The number of rotatable bonds is 1. The van der Waals surface area contributed by atoms with Crippen LogP contribution in [0, 0.1) is 0 Å². The number of hydrogen-bond acceptors (Lipinski definition) is 5. The van der Waals surface area contributed by atoms with E-state index in [1.54, 1.807) is 6.20 Å². The summed E-state index contributed by atoms with van der Waals surface area (Å²) in [4.78, 5) is 8.79. The number of hydrogen-bond donors (Lipinski definition) is 2. The lowest BCUT2D eigenvalue weighted by Crippen LogP contribution is -2.36. The van der Waals surface area contributed by atoms with Gasteiger partial charge >= 0.3 is 0 Å². The van der Waals surface area contributed by atoms with Gasteiger partial charge in [-0.15, -0.1) is 0 Å². The average molecular weight is 216 g/mol. The van der Waals surface area contributed by atoms with Gasteiger partial charge in [-0.05, 0) is 18.2 Å². The number of allylic oxidation sites excluding steroid dienone is 1. The second-order valence-corrected chi connectivity index (χ2v) is 3.81. The molecule has 5 heteroatoms. The van der Waals surface area contributed by atoms with Crippen molar-refractivity contribution < 1.29 is 5.11 Å². The summed E-state index contributed by atoms with van der Waals surface area (Å²) in [5, 5.41) is 11.3. The summed E-state index contributed by atoms with van der Waals surface area (Å²) in [6.45, 7) is 0. The van der Waals surface area contributed by atoms with Crippen molar-refractivity contribution in [2.24, 2.45) is 4.99 Å². The van der Waals surface area contributed by atoms with Crippen molar-refractivity contribution in [3.8, 4) is 0 Å². The van der Waals surface area contributed by atoms with E-state index in [1.165, 1.54) is 0 Å². The first-order valence-corrected chi connectivity index (χ1v) is 5.23. The minimum Gasteiger partial charge on any atom is -0.377 e. The van der Waals surface area contributed by atoms with E-state index in [4.69, 9.17) is 0 Å². The summed E-state index contributed by atoms with van der Waals surface area (Å²) in [6.07, 6.45) is 5.58. The molecule has 16 heavy (non-hydrogen) atoms. The van der Waals surface area contributed by atoms with E-state index in [1.807, 2.05) is 35.5 Å². The zero-order valence-electron chi connectivity index (χ0n) is 8.61. The van der Waals surface area contributed by atoms with Crippen LogP contribution in [0.2, 0.25) is 0 Å². The van der Waals surface area contributed by atoms with Gasteiger partial charge in [0.25, 0.3) is 0 Å². The molecule has 1 aromatic rings. The molecular weight excluding hydrogens is 204 g/mol. The van der Waals surface area contributed by atoms with Crippen molar-refractivity contribution in [3.05, 3.63) is 42.4 Å². The van der Waals surface area contributed by atoms with Crippen LogP contribution in [0.3, 0.4) is 0 Å². The molecular formula is C11H12N4O. The van der Waals surface area contributed by atoms with Crippen LogP contribution in [0.15, 0.2) is 41.7 Å². The molecule has 0 spiro atoms.